The lowest BCUT2D eigenvalue weighted by atomic mass is 9.33. The molecule has 3 heteroatoms. The first-order valence-electron chi connectivity index (χ1n) is 24.0. The number of anilines is 6. The van der Waals surface area contributed by atoms with Gasteiger partial charge < -0.3 is 9.80 Å². The molecule has 0 unspecified atom stereocenters. The minimum absolute atomic E-state index is 0.107. The quantitative estimate of drug-likeness (QED) is 0.127. The molecule has 0 bridgehead atoms. The zero-order chi connectivity index (χ0) is 42.3. The molecule has 15 rings (SSSR count). The van der Waals surface area contributed by atoms with E-state index in [1.807, 2.05) is 0 Å². The van der Waals surface area contributed by atoms with Crippen molar-refractivity contribution in [1.82, 2.24) is 0 Å². The molecule has 2 nitrogen and oxygen atoms in total. The summed E-state index contributed by atoms with van der Waals surface area (Å²) in [6.45, 7) is 0.107. The van der Waals surface area contributed by atoms with Crippen LogP contribution in [0.2, 0.25) is 0 Å². The predicted molar refractivity (Wildman–Crippen MR) is 279 cm³/mol. The Kier molecular flexibility index (Phi) is 7.53. The van der Waals surface area contributed by atoms with E-state index >= 15 is 0 Å². The lowest BCUT2D eigenvalue weighted by Crippen LogP contribution is -2.62. The fraction of sp³-hybridized carbons (Fsp3) is 0.129. The van der Waals surface area contributed by atoms with Gasteiger partial charge in [-0.15, -0.1) is 0 Å². The Morgan fingerprint density at radius 1 is 0.323 bits per heavy atom. The molecule has 0 atom stereocenters. The maximum atomic E-state index is 2.74. The first-order chi connectivity index (χ1) is 32.3. The molecular weight excluding hydrogens is 784 g/mol. The molecule has 0 N–H and O–H groups in total. The van der Waals surface area contributed by atoms with Crippen LogP contribution in [-0.4, -0.2) is 6.71 Å². The number of rotatable bonds is 2. The number of hydrogen-bond donors (Lipinski definition) is 0. The van der Waals surface area contributed by atoms with Gasteiger partial charge in [-0.05, 0) is 180 Å². The maximum absolute atomic E-state index is 2.74. The highest BCUT2D eigenvalue weighted by Crippen LogP contribution is 2.51. The molecule has 2 aliphatic heterocycles. The second-order valence-electron chi connectivity index (χ2n) is 19.1. The van der Waals surface area contributed by atoms with Gasteiger partial charge in [0, 0.05) is 33.8 Å². The fourth-order valence-electron chi connectivity index (χ4n) is 13.3. The molecule has 0 amide bonds. The molecule has 2 heterocycles. The van der Waals surface area contributed by atoms with Gasteiger partial charge in [-0.1, -0.05) is 146 Å². The summed E-state index contributed by atoms with van der Waals surface area (Å²) in [5, 5.41) is 15.7. The fourth-order valence-corrected chi connectivity index (χ4v) is 13.3. The van der Waals surface area contributed by atoms with Crippen molar-refractivity contribution in [3.63, 3.8) is 0 Å². The molecule has 0 saturated carbocycles. The van der Waals surface area contributed by atoms with Crippen molar-refractivity contribution in [3.05, 3.63) is 198 Å². The summed E-state index contributed by atoms with van der Waals surface area (Å²) < 4.78 is 0. The van der Waals surface area contributed by atoms with Crippen LogP contribution >= 0.6 is 0 Å². The predicted octanol–water partition coefficient (Wildman–Crippen LogP) is 14.4. The molecular formula is C62H45BN2. The molecule has 306 valence electrons. The molecule has 4 aliphatic rings. The molecule has 0 aromatic heterocycles. The number of fused-ring (bicyclic) bond motifs is 20. The molecule has 11 aromatic rings. The first-order valence-corrected chi connectivity index (χ1v) is 24.0. The van der Waals surface area contributed by atoms with Crippen LogP contribution in [0.5, 0.6) is 0 Å². The van der Waals surface area contributed by atoms with Crippen LogP contribution in [0.1, 0.15) is 47.9 Å². The second-order valence-corrected chi connectivity index (χ2v) is 19.1. The molecule has 2 aliphatic carbocycles. The van der Waals surface area contributed by atoms with Crippen molar-refractivity contribution in [2.45, 2.75) is 51.4 Å². The van der Waals surface area contributed by atoms with Gasteiger partial charge in [-0.3, -0.25) is 0 Å². The zero-order valence-electron chi connectivity index (χ0n) is 36.4. The summed E-state index contributed by atoms with van der Waals surface area (Å²) in [6.07, 6.45) is 9.45. The van der Waals surface area contributed by atoms with Gasteiger partial charge in [0.25, 0.3) is 6.71 Å². The van der Waals surface area contributed by atoms with Crippen LogP contribution < -0.4 is 26.2 Å². The number of hydrogen-bond acceptors (Lipinski definition) is 2. The second kappa shape index (κ2) is 13.6. The summed E-state index contributed by atoms with van der Waals surface area (Å²) in [4.78, 5) is 5.44. The minimum Gasteiger partial charge on any atom is -0.311 e. The van der Waals surface area contributed by atoms with E-state index in [-0.39, 0.29) is 6.71 Å². The Balaban J connectivity index is 1.07. The van der Waals surface area contributed by atoms with Crippen molar-refractivity contribution >= 4 is 122 Å². The van der Waals surface area contributed by atoms with Gasteiger partial charge in [0.05, 0.1) is 5.69 Å². The molecule has 0 radical (unpaired) electrons. The zero-order valence-corrected chi connectivity index (χ0v) is 36.4. The minimum atomic E-state index is 0.107. The van der Waals surface area contributed by atoms with E-state index in [0.29, 0.717) is 0 Å². The van der Waals surface area contributed by atoms with Gasteiger partial charge >= 0.3 is 0 Å². The largest absolute Gasteiger partial charge is 0.311 e. The monoisotopic (exact) mass is 828 g/mol. The maximum Gasteiger partial charge on any atom is 0.252 e. The van der Waals surface area contributed by atoms with Crippen molar-refractivity contribution < 1.29 is 0 Å². The van der Waals surface area contributed by atoms with E-state index < -0.39 is 0 Å². The highest BCUT2D eigenvalue weighted by molar-refractivity contribution is 7.00. The van der Waals surface area contributed by atoms with E-state index in [2.05, 4.69) is 186 Å². The number of benzene rings is 11. The van der Waals surface area contributed by atoms with Gasteiger partial charge in [0.2, 0.25) is 0 Å². The van der Waals surface area contributed by atoms with Crippen LogP contribution in [0.3, 0.4) is 0 Å². The van der Waals surface area contributed by atoms with Gasteiger partial charge in [0.1, 0.15) is 0 Å². The van der Waals surface area contributed by atoms with Crippen LogP contribution in [0, 0.1) is 0 Å². The summed E-state index contributed by atoms with van der Waals surface area (Å²) in [7, 11) is 0. The average molecular weight is 829 g/mol. The van der Waals surface area contributed by atoms with Crippen molar-refractivity contribution in [1.29, 1.82) is 0 Å². The number of nitrogens with zero attached hydrogens (tertiary/aromatic N) is 2. The highest BCUT2D eigenvalue weighted by atomic mass is 15.2. The molecule has 65 heavy (non-hydrogen) atoms. The molecule has 11 aromatic carbocycles. The third kappa shape index (κ3) is 4.91. The highest BCUT2D eigenvalue weighted by Gasteiger charge is 2.45. The van der Waals surface area contributed by atoms with E-state index in [1.165, 1.54) is 152 Å². The van der Waals surface area contributed by atoms with Crippen LogP contribution in [-0.2, 0) is 25.7 Å². The first kappa shape index (κ1) is 36.0. The normalized spacial score (nSPS) is 15.1. The van der Waals surface area contributed by atoms with Crippen LogP contribution in [0.15, 0.2) is 176 Å². The smallest absolute Gasteiger partial charge is 0.252 e. The standard InChI is InChI=1S/C62H45BN2/c1-3-17-41-38(15-1)31-35-54-61(41)64(40-33-34-50-45-21-6-5-19-43(45)44-20-8-10-25-49(44)53(50)37-40)57-29-14-30-58-60(57)63(54)55-36-32-39-16-2-4-18-42(39)62(55)65(58)56-28-13-27-52-48-23-9-7-22-46(48)47-24-11-12-26-51(47)59(52)56/h5-14,19-37H,1-4,15-18H2. The van der Waals surface area contributed by atoms with Crippen molar-refractivity contribution in [2.24, 2.45) is 0 Å². The Bertz CT molecular complexity index is 3800. The summed E-state index contributed by atoms with van der Waals surface area (Å²) >= 11 is 0. The third-order valence-electron chi connectivity index (χ3n) is 15.9. The summed E-state index contributed by atoms with van der Waals surface area (Å²) in [6, 6.07) is 67.9. The Morgan fingerprint density at radius 2 is 0.738 bits per heavy atom. The average Bonchev–Trinajstić information content (AvgIpc) is 3.38. The van der Waals surface area contributed by atoms with Gasteiger partial charge in [-0.25, -0.2) is 0 Å². The summed E-state index contributed by atoms with van der Waals surface area (Å²) in [5.74, 6) is 0. The van der Waals surface area contributed by atoms with Gasteiger partial charge in [0.15, 0.2) is 0 Å². The van der Waals surface area contributed by atoms with E-state index in [4.69, 9.17) is 0 Å². The van der Waals surface area contributed by atoms with Crippen molar-refractivity contribution in [3.8, 4) is 0 Å². The SMILES string of the molecule is c1cc2c3c(c1)N(c1cccc4c5ccccc5c5ccccc5c14)c1c(ccc4c1CCCC4)B3c1ccc3c(c1N2c1ccc2c4ccccc4c4ccccc4c2c1)CCCC3. The lowest BCUT2D eigenvalue weighted by molar-refractivity contribution is 0.686. The Labute approximate surface area is 379 Å². The van der Waals surface area contributed by atoms with E-state index in [9.17, 15) is 0 Å². The lowest BCUT2D eigenvalue weighted by Gasteiger charge is -2.46. The van der Waals surface area contributed by atoms with Gasteiger partial charge in [-0.2, -0.15) is 0 Å². The molecule has 0 fully saturated rings. The van der Waals surface area contributed by atoms with E-state index in [1.54, 1.807) is 11.1 Å². The topological polar surface area (TPSA) is 6.48 Å². The Hall–Kier alpha value is -7.36. The van der Waals surface area contributed by atoms with E-state index in [0.717, 1.165) is 25.7 Å². The van der Waals surface area contributed by atoms with Crippen molar-refractivity contribution in [2.75, 3.05) is 9.80 Å². The van der Waals surface area contributed by atoms with Crippen LogP contribution in [0.25, 0.3) is 64.6 Å². The molecule has 0 spiro atoms. The van der Waals surface area contributed by atoms with Crippen LogP contribution in [0.4, 0.5) is 34.1 Å². The third-order valence-corrected chi connectivity index (χ3v) is 15.9. The summed E-state index contributed by atoms with van der Waals surface area (Å²) in [5.41, 5.74) is 18.4. The Morgan fingerprint density at radius 3 is 1.31 bits per heavy atom. The number of aryl methyl sites for hydroxylation is 2. The molecule has 0 saturated heterocycles.